The van der Waals surface area contributed by atoms with Crippen LogP contribution < -0.4 is 11.1 Å². The van der Waals surface area contributed by atoms with Gasteiger partial charge in [-0.05, 0) is 28.8 Å². The minimum atomic E-state index is 0.481. The van der Waals surface area contributed by atoms with E-state index in [0.717, 1.165) is 12.4 Å². The zero-order valence-electron chi connectivity index (χ0n) is 8.40. The second-order valence-corrected chi connectivity index (χ2v) is 4.01. The van der Waals surface area contributed by atoms with Crippen molar-refractivity contribution in [2.45, 2.75) is 13.5 Å². The Morgan fingerprint density at radius 3 is 2.93 bits per heavy atom. The van der Waals surface area contributed by atoms with Gasteiger partial charge in [0.05, 0.1) is 0 Å². The Morgan fingerprint density at radius 2 is 2.27 bits per heavy atom. The number of nitrogens with one attached hydrogen (secondary N) is 1. The highest BCUT2D eigenvalue weighted by Crippen LogP contribution is 2.15. The lowest BCUT2D eigenvalue weighted by atomic mass is 10.2. The summed E-state index contributed by atoms with van der Waals surface area (Å²) in [5.41, 5.74) is 8.14. The molecule has 0 aliphatic heterocycles. The molecule has 2 heterocycles. The van der Waals surface area contributed by atoms with Gasteiger partial charge in [-0.3, -0.25) is 0 Å². The Hall–Kier alpha value is -1.62. The predicted octanol–water partition coefficient (Wildman–Crippen LogP) is 2.04. The van der Waals surface area contributed by atoms with Gasteiger partial charge in [0.25, 0.3) is 0 Å². The van der Waals surface area contributed by atoms with Crippen LogP contribution in [0.2, 0.25) is 0 Å². The highest BCUT2D eigenvalue weighted by atomic mass is 32.1. The highest BCUT2D eigenvalue weighted by Gasteiger charge is 2.00. The normalized spacial score (nSPS) is 10.2. The zero-order chi connectivity index (χ0) is 10.7. The molecule has 0 unspecified atom stereocenters. The average molecular weight is 220 g/mol. The summed E-state index contributed by atoms with van der Waals surface area (Å²) in [6, 6.07) is 1.72. The average Bonchev–Trinajstić information content (AvgIpc) is 2.61. The number of nitrogens with zero attached hydrogens (tertiary/aromatic N) is 2. The fourth-order valence-corrected chi connectivity index (χ4v) is 2.08. The number of hydrogen-bond acceptors (Lipinski definition) is 5. The van der Waals surface area contributed by atoms with Gasteiger partial charge in [-0.1, -0.05) is 0 Å². The molecule has 0 aromatic carbocycles. The van der Waals surface area contributed by atoms with Crippen LogP contribution in [-0.4, -0.2) is 9.97 Å². The molecule has 0 atom stereocenters. The monoisotopic (exact) mass is 220 g/mol. The van der Waals surface area contributed by atoms with Gasteiger partial charge in [0, 0.05) is 12.6 Å². The van der Waals surface area contributed by atoms with Gasteiger partial charge in [0.15, 0.2) is 0 Å². The molecule has 0 bridgehead atoms. The predicted molar refractivity (Wildman–Crippen MR) is 62.8 cm³/mol. The van der Waals surface area contributed by atoms with E-state index in [1.165, 1.54) is 17.5 Å². The molecule has 5 heteroatoms. The molecule has 0 aliphatic carbocycles. The summed E-state index contributed by atoms with van der Waals surface area (Å²) in [5, 5.41) is 7.47. The second kappa shape index (κ2) is 4.27. The van der Waals surface area contributed by atoms with Crippen LogP contribution in [0.3, 0.4) is 0 Å². The summed E-state index contributed by atoms with van der Waals surface area (Å²) in [6.45, 7) is 2.87. The standard InChI is InChI=1S/C10H12N4S/c1-7-4-15-5-8(7)3-12-10-2-9(11)13-6-14-10/h2,4-6H,3H2,1H3,(H3,11,12,13,14). The van der Waals surface area contributed by atoms with Gasteiger partial charge in [-0.2, -0.15) is 11.3 Å². The third-order valence-electron chi connectivity index (χ3n) is 2.11. The fourth-order valence-electron chi connectivity index (χ4n) is 1.22. The first-order valence-corrected chi connectivity index (χ1v) is 5.53. The molecule has 0 saturated carbocycles. The van der Waals surface area contributed by atoms with E-state index in [1.807, 2.05) is 0 Å². The van der Waals surface area contributed by atoms with Crippen LogP contribution in [0.5, 0.6) is 0 Å². The number of aromatic nitrogens is 2. The van der Waals surface area contributed by atoms with Crippen molar-refractivity contribution in [3.8, 4) is 0 Å². The summed E-state index contributed by atoms with van der Waals surface area (Å²) in [6.07, 6.45) is 1.46. The van der Waals surface area contributed by atoms with Gasteiger partial charge >= 0.3 is 0 Å². The van der Waals surface area contributed by atoms with Gasteiger partial charge in [0.1, 0.15) is 18.0 Å². The second-order valence-electron chi connectivity index (χ2n) is 3.26. The van der Waals surface area contributed by atoms with Crippen LogP contribution in [-0.2, 0) is 6.54 Å². The number of nitrogens with two attached hydrogens (primary N) is 1. The van der Waals surface area contributed by atoms with Gasteiger partial charge < -0.3 is 11.1 Å². The lowest BCUT2D eigenvalue weighted by molar-refractivity contribution is 1.08. The molecule has 15 heavy (non-hydrogen) atoms. The third-order valence-corrected chi connectivity index (χ3v) is 3.02. The van der Waals surface area contributed by atoms with Crippen molar-refractivity contribution < 1.29 is 0 Å². The Morgan fingerprint density at radius 1 is 1.40 bits per heavy atom. The van der Waals surface area contributed by atoms with E-state index < -0.39 is 0 Å². The van der Waals surface area contributed by atoms with E-state index in [9.17, 15) is 0 Å². The van der Waals surface area contributed by atoms with Crippen LogP contribution in [0.1, 0.15) is 11.1 Å². The SMILES string of the molecule is Cc1cscc1CNc1cc(N)ncn1. The van der Waals surface area contributed by atoms with E-state index in [1.54, 1.807) is 17.4 Å². The summed E-state index contributed by atoms with van der Waals surface area (Å²) >= 11 is 1.71. The third kappa shape index (κ3) is 2.44. The van der Waals surface area contributed by atoms with Crippen molar-refractivity contribution in [3.63, 3.8) is 0 Å². The molecule has 78 valence electrons. The van der Waals surface area contributed by atoms with Crippen molar-refractivity contribution in [1.82, 2.24) is 9.97 Å². The van der Waals surface area contributed by atoms with E-state index >= 15 is 0 Å². The topological polar surface area (TPSA) is 63.8 Å². The van der Waals surface area contributed by atoms with E-state index in [-0.39, 0.29) is 0 Å². The highest BCUT2D eigenvalue weighted by molar-refractivity contribution is 7.08. The summed E-state index contributed by atoms with van der Waals surface area (Å²) in [4.78, 5) is 7.90. The molecule has 4 nitrogen and oxygen atoms in total. The van der Waals surface area contributed by atoms with E-state index in [4.69, 9.17) is 5.73 Å². The fraction of sp³-hybridized carbons (Fsp3) is 0.200. The first kappa shape index (κ1) is 9.92. The minimum absolute atomic E-state index is 0.481. The Bertz CT molecular complexity index is 452. The number of thiophene rings is 1. The molecular formula is C10H12N4S. The van der Waals surface area contributed by atoms with Crippen LogP contribution in [0.25, 0.3) is 0 Å². The number of hydrogen-bond donors (Lipinski definition) is 2. The van der Waals surface area contributed by atoms with Crippen LogP contribution in [0, 0.1) is 6.92 Å². The van der Waals surface area contributed by atoms with E-state index in [0.29, 0.717) is 5.82 Å². The molecule has 0 radical (unpaired) electrons. The molecule has 0 fully saturated rings. The van der Waals surface area contributed by atoms with Crippen molar-refractivity contribution in [1.29, 1.82) is 0 Å². The number of nitrogen functional groups attached to an aromatic ring is 1. The maximum absolute atomic E-state index is 5.55. The summed E-state index contributed by atoms with van der Waals surface area (Å²) in [5.74, 6) is 1.24. The van der Waals surface area contributed by atoms with Crippen molar-refractivity contribution in [2.24, 2.45) is 0 Å². The number of rotatable bonds is 3. The zero-order valence-corrected chi connectivity index (χ0v) is 9.21. The molecular weight excluding hydrogens is 208 g/mol. The molecule has 0 amide bonds. The smallest absolute Gasteiger partial charge is 0.131 e. The lowest BCUT2D eigenvalue weighted by Gasteiger charge is -2.04. The Kier molecular flexibility index (Phi) is 2.82. The molecule has 2 rings (SSSR count). The Labute approximate surface area is 92.2 Å². The summed E-state index contributed by atoms with van der Waals surface area (Å²) in [7, 11) is 0. The lowest BCUT2D eigenvalue weighted by Crippen LogP contribution is -2.02. The molecule has 0 aliphatic rings. The number of anilines is 2. The number of aryl methyl sites for hydroxylation is 1. The maximum atomic E-state index is 5.55. The van der Waals surface area contributed by atoms with Crippen LogP contribution in [0.4, 0.5) is 11.6 Å². The van der Waals surface area contributed by atoms with Crippen molar-refractivity contribution >= 4 is 23.0 Å². The minimum Gasteiger partial charge on any atom is -0.384 e. The molecule has 2 aromatic heterocycles. The van der Waals surface area contributed by atoms with E-state index in [2.05, 4.69) is 33.0 Å². The van der Waals surface area contributed by atoms with Gasteiger partial charge in [0.2, 0.25) is 0 Å². The van der Waals surface area contributed by atoms with Crippen molar-refractivity contribution in [2.75, 3.05) is 11.1 Å². The summed E-state index contributed by atoms with van der Waals surface area (Å²) < 4.78 is 0. The Balaban J connectivity index is 2.02. The first-order chi connectivity index (χ1) is 7.25. The first-order valence-electron chi connectivity index (χ1n) is 4.59. The molecule has 2 aromatic rings. The van der Waals surface area contributed by atoms with Crippen molar-refractivity contribution in [3.05, 3.63) is 34.3 Å². The largest absolute Gasteiger partial charge is 0.384 e. The quantitative estimate of drug-likeness (QED) is 0.830. The maximum Gasteiger partial charge on any atom is 0.131 e. The van der Waals surface area contributed by atoms with Crippen LogP contribution >= 0.6 is 11.3 Å². The molecule has 0 saturated heterocycles. The molecule has 3 N–H and O–H groups in total. The molecule has 0 spiro atoms. The van der Waals surface area contributed by atoms with Gasteiger partial charge in [-0.25, -0.2) is 9.97 Å². The van der Waals surface area contributed by atoms with Gasteiger partial charge in [-0.15, -0.1) is 0 Å². The van der Waals surface area contributed by atoms with Crippen LogP contribution in [0.15, 0.2) is 23.2 Å².